The predicted octanol–water partition coefficient (Wildman–Crippen LogP) is 0.736. The lowest BCUT2D eigenvalue weighted by atomic mass is 10.5. The van der Waals surface area contributed by atoms with Gasteiger partial charge in [0, 0.05) is 6.42 Å². The highest BCUT2D eigenvalue weighted by Gasteiger charge is 1.66. The smallest absolute Gasteiger partial charge is 0.123 e. The fourth-order valence-electron chi connectivity index (χ4n) is 0.207. The zero-order valence-corrected chi connectivity index (χ0v) is 4.26. The molecule has 0 aromatic carbocycles. The molecular weight excluding hydrogens is 92.1 g/mol. The van der Waals surface area contributed by atoms with Gasteiger partial charge in [0.1, 0.15) is 6.29 Å². The summed E-state index contributed by atoms with van der Waals surface area (Å²) in [5.74, 6) is 0. The molecule has 2 heteroatoms. The van der Waals surface area contributed by atoms with E-state index in [4.69, 9.17) is 0 Å². The molecule has 0 amide bonds. The Bertz CT molecular complexity index is 66.5. The molecule has 0 rings (SSSR count). The molecule has 0 radical (unpaired) electrons. The first kappa shape index (κ1) is 6.21. The topological polar surface area (TPSA) is 26.3 Å². The Morgan fingerprint density at radius 3 is 2.86 bits per heavy atom. The van der Waals surface area contributed by atoms with E-state index >= 15 is 0 Å². The number of allylic oxidation sites excluding steroid dienone is 1. The Hall–Kier alpha value is -0.790. The summed E-state index contributed by atoms with van der Waals surface area (Å²) in [7, 11) is 1.54. The van der Waals surface area contributed by atoms with Gasteiger partial charge < -0.3 is 9.53 Å². The van der Waals surface area contributed by atoms with Crippen LogP contribution in [0.1, 0.15) is 6.42 Å². The van der Waals surface area contributed by atoms with E-state index in [0.717, 1.165) is 6.29 Å². The van der Waals surface area contributed by atoms with E-state index in [9.17, 15) is 4.79 Å². The summed E-state index contributed by atoms with van der Waals surface area (Å²) in [6.07, 6.45) is 4.38. The van der Waals surface area contributed by atoms with Crippen molar-refractivity contribution in [1.82, 2.24) is 0 Å². The average Bonchev–Trinajstić information content (AvgIpc) is 1.69. The molecule has 0 heterocycles. The van der Waals surface area contributed by atoms with Crippen molar-refractivity contribution >= 4 is 6.29 Å². The number of ether oxygens (including phenoxy) is 1. The van der Waals surface area contributed by atoms with Gasteiger partial charge in [-0.05, 0) is 6.08 Å². The van der Waals surface area contributed by atoms with Crippen LogP contribution in [0.2, 0.25) is 0 Å². The maximum atomic E-state index is 9.57. The van der Waals surface area contributed by atoms with E-state index in [-0.39, 0.29) is 0 Å². The second-order valence-corrected chi connectivity index (χ2v) is 1.01. The third-order valence-electron chi connectivity index (χ3n) is 0.465. The zero-order chi connectivity index (χ0) is 5.54. The summed E-state index contributed by atoms with van der Waals surface area (Å²) in [6.45, 7) is 0. The first-order valence-electron chi connectivity index (χ1n) is 2.03. The maximum absolute atomic E-state index is 9.57. The van der Waals surface area contributed by atoms with E-state index < -0.39 is 0 Å². The Kier molecular flexibility index (Phi) is 4.62. The summed E-state index contributed by atoms with van der Waals surface area (Å²) in [5, 5.41) is 0. The highest BCUT2D eigenvalue weighted by Crippen LogP contribution is 1.74. The van der Waals surface area contributed by atoms with Crippen molar-refractivity contribution in [2.45, 2.75) is 6.42 Å². The van der Waals surface area contributed by atoms with Crippen molar-refractivity contribution < 1.29 is 9.53 Å². The Labute approximate surface area is 42.8 Å². The van der Waals surface area contributed by atoms with Crippen LogP contribution in [-0.4, -0.2) is 13.4 Å². The Morgan fingerprint density at radius 2 is 2.43 bits per heavy atom. The third-order valence-corrected chi connectivity index (χ3v) is 0.465. The largest absolute Gasteiger partial charge is 0.505 e. The number of hydrogen-bond acceptors (Lipinski definition) is 2. The highest BCUT2D eigenvalue weighted by molar-refractivity contribution is 5.51. The minimum Gasteiger partial charge on any atom is -0.505 e. The van der Waals surface area contributed by atoms with Gasteiger partial charge in [0.15, 0.2) is 0 Å². The van der Waals surface area contributed by atoms with E-state index in [0.29, 0.717) is 6.42 Å². The summed E-state index contributed by atoms with van der Waals surface area (Å²) in [5.41, 5.74) is 0. The highest BCUT2D eigenvalue weighted by atomic mass is 16.5. The van der Waals surface area contributed by atoms with Crippen molar-refractivity contribution in [1.29, 1.82) is 0 Å². The van der Waals surface area contributed by atoms with Crippen LogP contribution in [0.3, 0.4) is 0 Å². The average molecular weight is 100 g/mol. The number of methoxy groups -OCH3 is 1. The van der Waals surface area contributed by atoms with Crippen molar-refractivity contribution in [3.05, 3.63) is 12.3 Å². The molecule has 0 aromatic heterocycles. The van der Waals surface area contributed by atoms with Crippen LogP contribution in [0.5, 0.6) is 0 Å². The predicted molar refractivity (Wildman–Crippen MR) is 26.8 cm³/mol. The Morgan fingerprint density at radius 1 is 1.71 bits per heavy atom. The lowest BCUT2D eigenvalue weighted by Crippen LogP contribution is -1.67. The standard InChI is InChI=1S/C5H8O2/c1-7-5-3-2-4-6/h3-5H,2H2,1H3/b5-3-. The monoisotopic (exact) mass is 100 g/mol. The summed E-state index contributed by atoms with van der Waals surface area (Å²) < 4.78 is 4.50. The van der Waals surface area contributed by atoms with E-state index in [1.807, 2.05) is 0 Å². The molecule has 0 N–H and O–H groups in total. The molecule has 0 aliphatic rings. The quantitative estimate of drug-likeness (QED) is 0.386. The summed E-state index contributed by atoms with van der Waals surface area (Å²) >= 11 is 0. The lowest BCUT2D eigenvalue weighted by molar-refractivity contribution is -0.107. The zero-order valence-electron chi connectivity index (χ0n) is 4.26. The van der Waals surface area contributed by atoms with E-state index in [1.165, 1.54) is 6.26 Å². The van der Waals surface area contributed by atoms with Crippen LogP contribution in [0, 0.1) is 0 Å². The number of hydrogen-bond donors (Lipinski definition) is 0. The molecule has 0 spiro atoms. The van der Waals surface area contributed by atoms with Gasteiger partial charge in [0.05, 0.1) is 13.4 Å². The number of carbonyl (C=O) groups excluding carboxylic acids is 1. The van der Waals surface area contributed by atoms with Gasteiger partial charge in [-0.2, -0.15) is 0 Å². The molecule has 0 fully saturated rings. The number of aldehydes is 1. The van der Waals surface area contributed by atoms with E-state index in [2.05, 4.69) is 4.74 Å². The van der Waals surface area contributed by atoms with Gasteiger partial charge in [-0.25, -0.2) is 0 Å². The van der Waals surface area contributed by atoms with Crippen molar-refractivity contribution in [3.63, 3.8) is 0 Å². The van der Waals surface area contributed by atoms with Crippen molar-refractivity contribution in [3.8, 4) is 0 Å². The second kappa shape index (κ2) is 5.21. The first-order chi connectivity index (χ1) is 3.41. The molecular formula is C5H8O2. The molecule has 40 valence electrons. The van der Waals surface area contributed by atoms with Gasteiger partial charge in [-0.15, -0.1) is 0 Å². The van der Waals surface area contributed by atoms with Gasteiger partial charge in [0.2, 0.25) is 0 Å². The number of carbonyl (C=O) groups is 1. The fourth-order valence-corrected chi connectivity index (χ4v) is 0.207. The molecule has 0 aliphatic heterocycles. The third kappa shape index (κ3) is 5.21. The Balaban J connectivity index is 2.92. The van der Waals surface area contributed by atoms with Crippen LogP contribution >= 0.6 is 0 Å². The van der Waals surface area contributed by atoms with Crippen LogP contribution in [0.15, 0.2) is 12.3 Å². The van der Waals surface area contributed by atoms with Crippen molar-refractivity contribution in [2.75, 3.05) is 7.11 Å². The SMILES string of the molecule is CO/C=C\CC=O. The minimum atomic E-state index is 0.438. The summed E-state index contributed by atoms with van der Waals surface area (Å²) in [4.78, 5) is 9.57. The molecule has 0 aliphatic carbocycles. The molecule has 0 unspecified atom stereocenters. The van der Waals surface area contributed by atoms with Gasteiger partial charge in [0.25, 0.3) is 0 Å². The maximum Gasteiger partial charge on any atom is 0.123 e. The summed E-state index contributed by atoms with van der Waals surface area (Å²) in [6, 6.07) is 0. The lowest BCUT2D eigenvalue weighted by Gasteiger charge is -1.79. The van der Waals surface area contributed by atoms with Crippen LogP contribution in [0.4, 0.5) is 0 Å². The van der Waals surface area contributed by atoms with Gasteiger partial charge >= 0.3 is 0 Å². The minimum absolute atomic E-state index is 0.438. The van der Waals surface area contributed by atoms with Gasteiger partial charge in [-0.1, -0.05) is 0 Å². The number of rotatable bonds is 3. The second-order valence-electron chi connectivity index (χ2n) is 1.01. The molecule has 0 atom stereocenters. The fraction of sp³-hybridized carbons (Fsp3) is 0.400. The molecule has 0 saturated heterocycles. The van der Waals surface area contributed by atoms with Crippen LogP contribution in [-0.2, 0) is 9.53 Å². The van der Waals surface area contributed by atoms with Gasteiger partial charge in [-0.3, -0.25) is 0 Å². The first-order valence-corrected chi connectivity index (χ1v) is 2.03. The van der Waals surface area contributed by atoms with Crippen molar-refractivity contribution in [2.24, 2.45) is 0 Å². The van der Waals surface area contributed by atoms with Crippen LogP contribution < -0.4 is 0 Å². The molecule has 0 saturated carbocycles. The molecule has 0 bridgehead atoms. The molecule has 2 nitrogen and oxygen atoms in total. The van der Waals surface area contributed by atoms with Crippen LogP contribution in [0.25, 0.3) is 0 Å². The normalized spacial score (nSPS) is 9.29. The molecule has 7 heavy (non-hydrogen) atoms. The molecule has 0 aromatic rings. The van der Waals surface area contributed by atoms with E-state index in [1.54, 1.807) is 13.2 Å².